The van der Waals surface area contributed by atoms with E-state index in [1.165, 1.54) is 23.1 Å². The molecule has 0 spiro atoms. The molecular formula is C16H14FN5O2. The van der Waals surface area contributed by atoms with Crippen molar-refractivity contribution in [3.63, 3.8) is 0 Å². The number of amides is 1. The number of benzene rings is 2. The summed E-state index contributed by atoms with van der Waals surface area (Å²) in [6, 6.07) is 11.2. The topological polar surface area (TPSA) is 81.9 Å². The van der Waals surface area contributed by atoms with E-state index in [0.717, 1.165) is 11.3 Å². The number of hydrogen-bond donors (Lipinski definition) is 1. The van der Waals surface area contributed by atoms with Crippen LogP contribution in [0.4, 0.5) is 10.1 Å². The van der Waals surface area contributed by atoms with Crippen LogP contribution in [0.1, 0.15) is 5.56 Å². The monoisotopic (exact) mass is 327 g/mol. The minimum atomic E-state index is -0.507. The third kappa shape index (κ3) is 3.54. The van der Waals surface area contributed by atoms with E-state index in [1.807, 2.05) is 6.92 Å². The Labute approximate surface area is 137 Å². The van der Waals surface area contributed by atoms with Gasteiger partial charge in [-0.25, -0.2) is 9.07 Å². The van der Waals surface area contributed by atoms with Crippen LogP contribution in [-0.2, 0) is 4.79 Å². The van der Waals surface area contributed by atoms with Crippen molar-refractivity contribution in [3.05, 3.63) is 60.2 Å². The highest BCUT2D eigenvalue weighted by molar-refractivity contribution is 5.92. The molecule has 3 aromatic rings. The van der Waals surface area contributed by atoms with Crippen LogP contribution in [0.15, 0.2) is 48.8 Å². The van der Waals surface area contributed by atoms with Gasteiger partial charge in [-0.3, -0.25) is 4.79 Å². The van der Waals surface area contributed by atoms with Gasteiger partial charge in [0.2, 0.25) is 0 Å². The van der Waals surface area contributed by atoms with Gasteiger partial charge in [0.05, 0.1) is 5.69 Å². The molecular weight excluding hydrogens is 313 g/mol. The van der Waals surface area contributed by atoms with Crippen LogP contribution in [0.5, 0.6) is 5.75 Å². The fourth-order valence-corrected chi connectivity index (χ4v) is 2.16. The van der Waals surface area contributed by atoms with Gasteiger partial charge in [0, 0.05) is 5.69 Å². The largest absolute Gasteiger partial charge is 0.481 e. The molecule has 0 saturated heterocycles. The van der Waals surface area contributed by atoms with Crippen molar-refractivity contribution in [2.24, 2.45) is 0 Å². The fraction of sp³-hybridized carbons (Fsp3) is 0.125. The van der Waals surface area contributed by atoms with E-state index in [9.17, 15) is 9.18 Å². The van der Waals surface area contributed by atoms with Crippen molar-refractivity contribution in [1.82, 2.24) is 20.2 Å². The molecule has 24 heavy (non-hydrogen) atoms. The maximum atomic E-state index is 13.4. The zero-order valence-corrected chi connectivity index (χ0v) is 12.8. The Morgan fingerprint density at radius 2 is 2.12 bits per heavy atom. The molecule has 0 aliphatic carbocycles. The number of nitrogens with one attached hydrogen (secondary N) is 1. The van der Waals surface area contributed by atoms with Crippen LogP contribution >= 0.6 is 0 Å². The van der Waals surface area contributed by atoms with Gasteiger partial charge in [-0.2, -0.15) is 0 Å². The average Bonchev–Trinajstić information content (AvgIpc) is 3.08. The molecule has 122 valence electrons. The Bertz CT molecular complexity index is 851. The number of halogens is 1. The molecule has 0 radical (unpaired) electrons. The lowest BCUT2D eigenvalue weighted by molar-refractivity contribution is -0.118. The lowest BCUT2D eigenvalue weighted by Gasteiger charge is -2.10. The van der Waals surface area contributed by atoms with Crippen molar-refractivity contribution in [3.8, 4) is 11.4 Å². The molecule has 8 heteroatoms. The Hall–Kier alpha value is -3.29. The number of carbonyl (C=O) groups is 1. The number of nitrogens with zero attached hydrogens (tertiary/aromatic N) is 4. The number of para-hydroxylation sites is 1. The van der Waals surface area contributed by atoms with E-state index >= 15 is 0 Å². The predicted octanol–water partition coefficient (Wildman–Crippen LogP) is 2.13. The van der Waals surface area contributed by atoms with E-state index < -0.39 is 5.82 Å². The lowest BCUT2D eigenvalue weighted by Crippen LogP contribution is -2.20. The van der Waals surface area contributed by atoms with Gasteiger partial charge in [-0.15, -0.1) is 5.10 Å². The first-order valence-corrected chi connectivity index (χ1v) is 7.14. The van der Waals surface area contributed by atoms with Crippen molar-refractivity contribution in [1.29, 1.82) is 0 Å². The lowest BCUT2D eigenvalue weighted by atomic mass is 10.2. The quantitative estimate of drug-likeness (QED) is 0.776. The van der Waals surface area contributed by atoms with E-state index in [4.69, 9.17) is 4.74 Å². The number of aryl methyl sites for hydroxylation is 1. The van der Waals surface area contributed by atoms with Crippen molar-refractivity contribution < 1.29 is 13.9 Å². The van der Waals surface area contributed by atoms with Gasteiger partial charge in [0.1, 0.15) is 6.33 Å². The van der Waals surface area contributed by atoms with E-state index in [0.29, 0.717) is 5.69 Å². The summed E-state index contributed by atoms with van der Waals surface area (Å²) in [6.45, 7) is 1.59. The number of ether oxygens (including phenoxy) is 1. The molecule has 0 aliphatic rings. The Kier molecular flexibility index (Phi) is 4.46. The fourth-order valence-electron chi connectivity index (χ4n) is 2.16. The highest BCUT2D eigenvalue weighted by Crippen LogP contribution is 2.18. The summed E-state index contributed by atoms with van der Waals surface area (Å²) in [5.74, 6) is -0.849. The number of hydrogen-bond acceptors (Lipinski definition) is 5. The molecule has 7 nitrogen and oxygen atoms in total. The number of rotatable bonds is 5. The molecule has 0 bridgehead atoms. The van der Waals surface area contributed by atoms with E-state index in [-0.39, 0.29) is 18.3 Å². The summed E-state index contributed by atoms with van der Waals surface area (Å²) in [5.41, 5.74) is 2.29. The highest BCUT2D eigenvalue weighted by atomic mass is 19.1. The minimum Gasteiger partial charge on any atom is -0.481 e. The number of carbonyl (C=O) groups excluding carboxylic acids is 1. The van der Waals surface area contributed by atoms with Crippen molar-refractivity contribution in [2.75, 3.05) is 11.9 Å². The average molecular weight is 327 g/mol. The molecule has 0 saturated carbocycles. The standard InChI is InChI=1S/C16H14FN5O2/c1-11-8-12(6-7-14(11)22-10-18-20-21-22)19-16(23)9-24-15-5-3-2-4-13(15)17/h2-8,10H,9H2,1H3,(H,19,23). The van der Waals surface area contributed by atoms with Crippen LogP contribution in [-0.4, -0.2) is 32.7 Å². The molecule has 0 aliphatic heterocycles. The molecule has 3 rings (SSSR count). The second kappa shape index (κ2) is 6.86. The second-order valence-electron chi connectivity index (χ2n) is 5.02. The Morgan fingerprint density at radius 3 is 2.83 bits per heavy atom. The summed E-state index contributed by atoms with van der Waals surface area (Å²) in [7, 11) is 0. The SMILES string of the molecule is Cc1cc(NC(=O)COc2ccccc2F)ccc1-n1cnnn1. The summed E-state index contributed by atoms with van der Waals surface area (Å²) >= 11 is 0. The third-order valence-electron chi connectivity index (χ3n) is 3.27. The summed E-state index contributed by atoms with van der Waals surface area (Å²) < 4.78 is 20.1. The molecule has 1 N–H and O–H groups in total. The van der Waals surface area contributed by atoms with Crippen LogP contribution in [0, 0.1) is 12.7 Å². The van der Waals surface area contributed by atoms with Gasteiger partial charge in [0.15, 0.2) is 18.2 Å². The van der Waals surface area contributed by atoms with Crippen molar-refractivity contribution in [2.45, 2.75) is 6.92 Å². The van der Waals surface area contributed by atoms with Crippen molar-refractivity contribution >= 4 is 11.6 Å². The maximum Gasteiger partial charge on any atom is 0.262 e. The zero-order valence-electron chi connectivity index (χ0n) is 12.8. The smallest absolute Gasteiger partial charge is 0.262 e. The first-order chi connectivity index (χ1) is 11.6. The van der Waals surface area contributed by atoms with Gasteiger partial charge in [-0.1, -0.05) is 12.1 Å². The van der Waals surface area contributed by atoms with Gasteiger partial charge in [-0.05, 0) is 53.2 Å². The zero-order chi connectivity index (χ0) is 16.9. The molecule has 2 aromatic carbocycles. The Balaban J connectivity index is 1.62. The van der Waals surface area contributed by atoms with Gasteiger partial charge in [0.25, 0.3) is 5.91 Å². The highest BCUT2D eigenvalue weighted by Gasteiger charge is 2.08. The molecule has 1 heterocycles. The van der Waals surface area contributed by atoms with Crippen LogP contribution in [0.2, 0.25) is 0 Å². The summed E-state index contributed by atoms with van der Waals surface area (Å²) in [6.07, 6.45) is 1.49. The van der Waals surface area contributed by atoms with Gasteiger partial charge < -0.3 is 10.1 Å². The minimum absolute atomic E-state index is 0.0397. The predicted molar refractivity (Wildman–Crippen MR) is 84.4 cm³/mol. The molecule has 0 atom stereocenters. The summed E-state index contributed by atoms with van der Waals surface area (Å²) in [5, 5.41) is 13.7. The molecule has 1 aromatic heterocycles. The number of aromatic nitrogens is 4. The molecule has 1 amide bonds. The van der Waals surface area contributed by atoms with E-state index in [1.54, 1.807) is 30.3 Å². The second-order valence-corrected chi connectivity index (χ2v) is 5.02. The normalized spacial score (nSPS) is 10.4. The third-order valence-corrected chi connectivity index (χ3v) is 3.27. The first kappa shape index (κ1) is 15.6. The number of tetrazole rings is 1. The van der Waals surface area contributed by atoms with Crippen LogP contribution in [0.3, 0.4) is 0 Å². The van der Waals surface area contributed by atoms with Crippen LogP contribution in [0.25, 0.3) is 5.69 Å². The van der Waals surface area contributed by atoms with Crippen LogP contribution < -0.4 is 10.1 Å². The molecule has 0 fully saturated rings. The maximum absolute atomic E-state index is 13.4. The molecule has 0 unspecified atom stereocenters. The van der Waals surface area contributed by atoms with Gasteiger partial charge >= 0.3 is 0 Å². The Morgan fingerprint density at radius 1 is 1.29 bits per heavy atom. The van der Waals surface area contributed by atoms with E-state index in [2.05, 4.69) is 20.8 Å². The number of anilines is 1. The summed E-state index contributed by atoms with van der Waals surface area (Å²) in [4.78, 5) is 11.9. The first-order valence-electron chi connectivity index (χ1n) is 7.14.